The molecule has 2 aliphatic rings. The number of hydrogen-bond donors (Lipinski definition) is 2. The monoisotopic (exact) mass is 425 g/mol. The van der Waals surface area contributed by atoms with E-state index in [1.807, 2.05) is 30.3 Å². The summed E-state index contributed by atoms with van der Waals surface area (Å²) in [5, 5.41) is 3.17. The van der Waals surface area contributed by atoms with Gasteiger partial charge in [0.1, 0.15) is 38.9 Å². The highest BCUT2D eigenvalue weighted by Crippen LogP contribution is 2.40. The second kappa shape index (κ2) is 10.3. The molecule has 1 fully saturated rings. The van der Waals surface area contributed by atoms with Crippen molar-refractivity contribution in [3.63, 3.8) is 0 Å². The van der Waals surface area contributed by atoms with Crippen molar-refractivity contribution in [2.24, 2.45) is 0 Å². The second-order valence-electron chi connectivity index (χ2n) is 7.62. The zero-order valence-electron chi connectivity index (χ0n) is 17.8. The number of morpholine rings is 1. The topological polar surface area (TPSA) is 70.5 Å². The summed E-state index contributed by atoms with van der Waals surface area (Å²) in [5.74, 6) is 1.68. The van der Waals surface area contributed by atoms with Crippen LogP contribution in [0.1, 0.15) is 17.2 Å². The van der Waals surface area contributed by atoms with Crippen molar-refractivity contribution in [3.8, 4) is 17.2 Å². The van der Waals surface area contributed by atoms with Crippen molar-refractivity contribution >= 4 is 12.0 Å². The van der Waals surface area contributed by atoms with Gasteiger partial charge < -0.3 is 29.2 Å². The molecule has 2 N–H and O–H groups in total. The Bertz CT molecular complexity index is 892. The fourth-order valence-electron chi connectivity index (χ4n) is 3.87. The molecular weight excluding hydrogens is 396 g/mol. The minimum atomic E-state index is -0.143. The summed E-state index contributed by atoms with van der Waals surface area (Å²) in [5.41, 5.74) is 1.91. The van der Waals surface area contributed by atoms with Crippen molar-refractivity contribution in [2.45, 2.75) is 6.04 Å². The first-order chi connectivity index (χ1) is 15.2. The molecule has 164 valence electrons. The molecule has 1 amide bonds. The minimum Gasteiger partial charge on any atom is -0.493 e. The number of rotatable bonds is 7. The molecule has 0 radical (unpaired) electrons. The lowest BCUT2D eigenvalue weighted by Crippen LogP contribution is -3.14. The highest BCUT2D eigenvalue weighted by Gasteiger charge is 2.22. The Labute approximate surface area is 182 Å². The van der Waals surface area contributed by atoms with Crippen LogP contribution in [0, 0.1) is 0 Å². The number of benzene rings is 2. The van der Waals surface area contributed by atoms with Crippen LogP contribution >= 0.6 is 0 Å². The largest absolute Gasteiger partial charge is 0.493 e. The molecule has 0 spiro atoms. The maximum absolute atomic E-state index is 12.8. The van der Waals surface area contributed by atoms with E-state index in [0.717, 1.165) is 44.0 Å². The van der Waals surface area contributed by atoms with E-state index in [2.05, 4.69) is 17.4 Å². The standard InChI is InChI=1S/C24H28N2O5/c1-28-21-15-18(16-22-24(21)31-14-13-30-22)7-8-23(27)25-20(19-5-3-2-4-6-19)17-26-9-11-29-12-10-26/h2-8,15-16,20H,9-14,17H2,1H3,(H,25,27)/p+1/b8-7+/t20-/m0/s1. The van der Waals surface area contributed by atoms with Gasteiger partial charge in [0, 0.05) is 6.08 Å². The van der Waals surface area contributed by atoms with E-state index in [4.69, 9.17) is 18.9 Å². The summed E-state index contributed by atoms with van der Waals surface area (Å²) < 4.78 is 22.2. The van der Waals surface area contributed by atoms with Gasteiger partial charge in [-0.3, -0.25) is 4.79 Å². The van der Waals surface area contributed by atoms with Crippen LogP contribution in [0.2, 0.25) is 0 Å². The second-order valence-corrected chi connectivity index (χ2v) is 7.62. The molecule has 2 aromatic carbocycles. The first kappa shape index (κ1) is 21.2. The first-order valence-electron chi connectivity index (χ1n) is 10.7. The van der Waals surface area contributed by atoms with Gasteiger partial charge in [0.05, 0.1) is 20.3 Å². The molecule has 0 aliphatic carbocycles. The number of amides is 1. The van der Waals surface area contributed by atoms with Crippen LogP contribution in [0.5, 0.6) is 17.2 Å². The molecule has 4 rings (SSSR count). The quantitative estimate of drug-likeness (QED) is 0.654. The van der Waals surface area contributed by atoms with Crippen LogP contribution in [0.25, 0.3) is 6.08 Å². The predicted octanol–water partition coefficient (Wildman–Crippen LogP) is 1.25. The molecule has 0 aromatic heterocycles. The highest BCUT2D eigenvalue weighted by molar-refractivity contribution is 5.92. The molecule has 1 saturated heterocycles. The summed E-state index contributed by atoms with van der Waals surface area (Å²) in [7, 11) is 1.59. The van der Waals surface area contributed by atoms with Gasteiger partial charge in [-0.05, 0) is 29.3 Å². The lowest BCUT2D eigenvalue weighted by molar-refractivity contribution is -0.909. The van der Waals surface area contributed by atoms with Crippen molar-refractivity contribution in [3.05, 3.63) is 59.7 Å². The third-order valence-electron chi connectivity index (χ3n) is 5.49. The Morgan fingerprint density at radius 1 is 1.13 bits per heavy atom. The normalized spacial score (nSPS) is 17.3. The third kappa shape index (κ3) is 5.57. The highest BCUT2D eigenvalue weighted by atomic mass is 16.6. The van der Waals surface area contributed by atoms with Crippen molar-refractivity contribution in [1.82, 2.24) is 5.32 Å². The number of carbonyl (C=O) groups is 1. The molecular formula is C24H29N2O5+. The third-order valence-corrected chi connectivity index (χ3v) is 5.49. The number of methoxy groups -OCH3 is 1. The Kier molecular flexibility index (Phi) is 7.07. The molecule has 2 aliphatic heterocycles. The van der Waals surface area contributed by atoms with Crippen LogP contribution in [-0.2, 0) is 9.53 Å². The van der Waals surface area contributed by atoms with Gasteiger partial charge in [0.2, 0.25) is 11.7 Å². The Morgan fingerprint density at radius 3 is 2.68 bits per heavy atom. The van der Waals surface area contributed by atoms with Gasteiger partial charge in [-0.1, -0.05) is 30.3 Å². The minimum absolute atomic E-state index is 0.0683. The summed E-state index contributed by atoms with van der Waals surface area (Å²) in [6.07, 6.45) is 3.31. The van der Waals surface area contributed by atoms with Crippen LogP contribution in [0.3, 0.4) is 0 Å². The van der Waals surface area contributed by atoms with Gasteiger partial charge >= 0.3 is 0 Å². The van der Waals surface area contributed by atoms with E-state index in [1.165, 1.54) is 4.90 Å². The van der Waals surface area contributed by atoms with E-state index in [-0.39, 0.29) is 11.9 Å². The van der Waals surface area contributed by atoms with Crippen molar-refractivity contribution in [1.29, 1.82) is 0 Å². The lowest BCUT2D eigenvalue weighted by atomic mass is 10.1. The summed E-state index contributed by atoms with van der Waals surface area (Å²) >= 11 is 0. The van der Waals surface area contributed by atoms with E-state index in [9.17, 15) is 4.79 Å². The molecule has 0 unspecified atom stereocenters. The molecule has 1 atom stereocenters. The average Bonchev–Trinajstić information content (AvgIpc) is 2.83. The first-order valence-corrected chi connectivity index (χ1v) is 10.7. The zero-order chi connectivity index (χ0) is 21.5. The van der Waals surface area contributed by atoms with Gasteiger partial charge in [-0.15, -0.1) is 0 Å². The Morgan fingerprint density at radius 2 is 1.90 bits per heavy atom. The Balaban J connectivity index is 1.46. The smallest absolute Gasteiger partial charge is 0.244 e. The molecule has 7 nitrogen and oxygen atoms in total. The molecule has 0 bridgehead atoms. The number of hydrogen-bond acceptors (Lipinski definition) is 5. The van der Waals surface area contributed by atoms with Gasteiger partial charge in [-0.25, -0.2) is 0 Å². The van der Waals surface area contributed by atoms with Gasteiger partial charge in [0.15, 0.2) is 11.5 Å². The summed E-state index contributed by atoms with van der Waals surface area (Å²) in [6, 6.07) is 13.7. The number of nitrogens with one attached hydrogen (secondary N) is 2. The average molecular weight is 426 g/mol. The molecule has 2 heterocycles. The molecule has 7 heteroatoms. The molecule has 2 aromatic rings. The molecule has 31 heavy (non-hydrogen) atoms. The van der Waals surface area contributed by atoms with E-state index in [0.29, 0.717) is 30.5 Å². The maximum atomic E-state index is 12.8. The van der Waals surface area contributed by atoms with Crippen LogP contribution in [0.15, 0.2) is 48.5 Å². The van der Waals surface area contributed by atoms with Crippen LogP contribution in [0.4, 0.5) is 0 Å². The number of fused-ring (bicyclic) bond motifs is 1. The zero-order valence-corrected chi connectivity index (χ0v) is 17.8. The fourth-order valence-corrected chi connectivity index (χ4v) is 3.87. The van der Waals surface area contributed by atoms with Crippen molar-refractivity contribution < 1.29 is 28.6 Å². The fraction of sp³-hybridized carbons (Fsp3) is 0.375. The van der Waals surface area contributed by atoms with Crippen LogP contribution in [-0.4, -0.2) is 59.1 Å². The van der Waals surface area contributed by atoms with Gasteiger partial charge in [-0.2, -0.15) is 0 Å². The van der Waals surface area contributed by atoms with E-state index in [1.54, 1.807) is 19.3 Å². The number of ether oxygens (including phenoxy) is 4. The maximum Gasteiger partial charge on any atom is 0.244 e. The Hall–Kier alpha value is -3.03. The van der Waals surface area contributed by atoms with Crippen LogP contribution < -0.4 is 24.4 Å². The van der Waals surface area contributed by atoms with E-state index >= 15 is 0 Å². The van der Waals surface area contributed by atoms with E-state index < -0.39 is 0 Å². The van der Waals surface area contributed by atoms with Gasteiger partial charge in [0.25, 0.3) is 0 Å². The lowest BCUT2D eigenvalue weighted by Gasteiger charge is -2.28. The predicted molar refractivity (Wildman–Crippen MR) is 117 cm³/mol. The summed E-state index contributed by atoms with van der Waals surface area (Å²) in [4.78, 5) is 14.2. The molecule has 0 saturated carbocycles. The SMILES string of the molecule is COc1cc(/C=C/C(=O)N[C@@H](C[NH+]2CCOCC2)c2ccccc2)cc2c1OCCO2. The summed E-state index contributed by atoms with van der Waals surface area (Å²) in [6.45, 7) is 5.23. The number of quaternary nitrogens is 1. The number of carbonyl (C=O) groups excluding carboxylic acids is 1. The van der Waals surface area contributed by atoms with Crippen molar-refractivity contribution in [2.75, 3.05) is 53.2 Å².